The van der Waals surface area contributed by atoms with Crippen LogP contribution < -0.4 is 5.73 Å². The first-order valence-electron chi connectivity index (χ1n) is 4.06. The van der Waals surface area contributed by atoms with Crippen molar-refractivity contribution in [2.24, 2.45) is 10.9 Å². The summed E-state index contributed by atoms with van der Waals surface area (Å²) in [5.74, 6) is 0.657. The van der Waals surface area contributed by atoms with Gasteiger partial charge in [-0.25, -0.2) is 4.98 Å². The topological polar surface area (TPSA) is 84.6 Å². The minimum atomic E-state index is 0.0625. The van der Waals surface area contributed by atoms with E-state index in [1.54, 1.807) is 25.1 Å². The molecule has 2 rings (SSSR count). The fourth-order valence-corrected chi connectivity index (χ4v) is 1.26. The summed E-state index contributed by atoms with van der Waals surface area (Å²) in [6.45, 7) is 1.77. The number of amidine groups is 1. The lowest BCUT2D eigenvalue weighted by Gasteiger charge is -1.96. The molecule has 1 aromatic carbocycles. The van der Waals surface area contributed by atoms with E-state index in [1.165, 1.54) is 0 Å². The average Bonchev–Trinajstić information content (AvgIpc) is 2.55. The van der Waals surface area contributed by atoms with Crippen LogP contribution in [0.5, 0.6) is 0 Å². The van der Waals surface area contributed by atoms with Crippen molar-refractivity contribution in [3.05, 3.63) is 29.7 Å². The lowest BCUT2D eigenvalue weighted by Crippen LogP contribution is -2.12. The van der Waals surface area contributed by atoms with Gasteiger partial charge in [0.25, 0.3) is 0 Å². The zero-order valence-electron chi connectivity index (χ0n) is 7.56. The van der Waals surface area contributed by atoms with Crippen LogP contribution in [0.1, 0.15) is 11.5 Å². The zero-order chi connectivity index (χ0) is 10.1. The summed E-state index contributed by atoms with van der Waals surface area (Å²) in [5.41, 5.74) is 7.44. The van der Waals surface area contributed by atoms with Gasteiger partial charge in [-0.15, -0.1) is 0 Å². The molecule has 0 unspecified atom stereocenters. The van der Waals surface area contributed by atoms with Gasteiger partial charge < -0.3 is 15.4 Å². The van der Waals surface area contributed by atoms with E-state index in [2.05, 4.69) is 10.1 Å². The summed E-state index contributed by atoms with van der Waals surface area (Å²) in [6.07, 6.45) is 0. The first kappa shape index (κ1) is 8.55. The van der Waals surface area contributed by atoms with E-state index in [-0.39, 0.29) is 5.84 Å². The fourth-order valence-electron chi connectivity index (χ4n) is 1.26. The fraction of sp³-hybridized carbons (Fsp3) is 0.111. The zero-order valence-corrected chi connectivity index (χ0v) is 7.56. The standard InChI is InChI=1S/C9H9N3O2/c1-5-11-7-4-6(9(10)12-13)2-3-8(7)14-5/h2-4,13H,1H3,(H2,10,12). The van der Waals surface area contributed by atoms with Gasteiger partial charge in [-0.05, 0) is 18.2 Å². The van der Waals surface area contributed by atoms with Gasteiger partial charge in [0.05, 0.1) is 0 Å². The second-order valence-electron chi connectivity index (χ2n) is 2.90. The summed E-state index contributed by atoms with van der Waals surface area (Å²) in [4.78, 5) is 4.13. The molecule has 1 heterocycles. The highest BCUT2D eigenvalue weighted by Gasteiger charge is 2.05. The van der Waals surface area contributed by atoms with Crippen molar-refractivity contribution in [1.82, 2.24) is 4.98 Å². The lowest BCUT2D eigenvalue weighted by atomic mass is 10.2. The van der Waals surface area contributed by atoms with E-state index in [1.807, 2.05) is 0 Å². The van der Waals surface area contributed by atoms with Crippen LogP contribution in [0, 0.1) is 6.92 Å². The van der Waals surface area contributed by atoms with Crippen molar-refractivity contribution in [2.45, 2.75) is 6.92 Å². The molecule has 72 valence electrons. The number of nitrogens with two attached hydrogens (primary N) is 1. The first-order valence-corrected chi connectivity index (χ1v) is 4.06. The third-order valence-corrected chi connectivity index (χ3v) is 1.90. The van der Waals surface area contributed by atoms with Crippen molar-refractivity contribution in [2.75, 3.05) is 0 Å². The molecule has 0 atom stereocenters. The van der Waals surface area contributed by atoms with Crippen molar-refractivity contribution < 1.29 is 9.62 Å². The third kappa shape index (κ3) is 1.28. The summed E-state index contributed by atoms with van der Waals surface area (Å²) >= 11 is 0. The molecule has 0 aliphatic heterocycles. The summed E-state index contributed by atoms with van der Waals surface area (Å²) < 4.78 is 5.28. The molecule has 1 aromatic heterocycles. The second kappa shape index (κ2) is 3.02. The maximum Gasteiger partial charge on any atom is 0.192 e. The van der Waals surface area contributed by atoms with Crippen LogP contribution in [0.25, 0.3) is 11.1 Å². The Morgan fingerprint density at radius 3 is 3.07 bits per heavy atom. The number of oxime groups is 1. The van der Waals surface area contributed by atoms with Crippen LogP contribution in [0.15, 0.2) is 27.8 Å². The summed E-state index contributed by atoms with van der Waals surface area (Å²) in [7, 11) is 0. The molecular formula is C9H9N3O2. The predicted octanol–water partition coefficient (Wildman–Crippen LogP) is 1.23. The molecule has 3 N–H and O–H groups in total. The minimum absolute atomic E-state index is 0.0625. The Labute approximate surface area is 79.8 Å². The Bertz CT molecular complexity index is 502. The van der Waals surface area contributed by atoms with E-state index < -0.39 is 0 Å². The van der Waals surface area contributed by atoms with Gasteiger partial charge in [0.2, 0.25) is 0 Å². The monoisotopic (exact) mass is 191 g/mol. The third-order valence-electron chi connectivity index (χ3n) is 1.90. The number of nitrogens with zero attached hydrogens (tertiary/aromatic N) is 2. The highest BCUT2D eigenvalue weighted by Crippen LogP contribution is 2.16. The molecule has 0 saturated heterocycles. The molecular weight excluding hydrogens is 182 g/mol. The number of hydrogen-bond acceptors (Lipinski definition) is 4. The van der Waals surface area contributed by atoms with E-state index >= 15 is 0 Å². The predicted molar refractivity (Wildman–Crippen MR) is 51.3 cm³/mol. The molecule has 0 amide bonds. The SMILES string of the molecule is Cc1nc2cc(/C(N)=N/O)ccc2o1. The lowest BCUT2D eigenvalue weighted by molar-refractivity contribution is 0.318. The highest BCUT2D eigenvalue weighted by atomic mass is 16.4. The minimum Gasteiger partial charge on any atom is -0.441 e. The molecule has 0 bridgehead atoms. The van der Waals surface area contributed by atoms with E-state index in [4.69, 9.17) is 15.4 Å². The molecule has 14 heavy (non-hydrogen) atoms. The Hall–Kier alpha value is -2.04. The Balaban J connectivity index is 2.61. The molecule has 0 spiro atoms. The first-order chi connectivity index (χ1) is 6.70. The summed E-state index contributed by atoms with van der Waals surface area (Å²) in [6, 6.07) is 5.16. The van der Waals surface area contributed by atoms with Crippen LogP contribution in [-0.2, 0) is 0 Å². The van der Waals surface area contributed by atoms with Gasteiger partial charge in [-0.2, -0.15) is 0 Å². The van der Waals surface area contributed by atoms with Gasteiger partial charge in [-0.3, -0.25) is 0 Å². The van der Waals surface area contributed by atoms with Crippen molar-refractivity contribution >= 4 is 16.9 Å². The summed E-state index contributed by atoms with van der Waals surface area (Å²) in [5, 5.41) is 11.4. The number of aryl methyl sites for hydroxylation is 1. The number of hydrogen-bond donors (Lipinski definition) is 2. The van der Waals surface area contributed by atoms with Gasteiger partial charge in [-0.1, -0.05) is 5.16 Å². The molecule has 5 nitrogen and oxygen atoms in total. The van der Waals surface area contributed by atoms with Crippen LogP contribution in [0.4, 0.5) is 0 Å². The molecule has 0 fully saturated rings. The smallest absolute Gasteiger partial charge is 0.192 e. The number of benzene rings is 1. The molecule has 0 radical (unpaired) electrons. The normalized spacial score (nSPS) is 12.2. The van der Waals surface area contributed by atoms with Crippen molar-refractivity contribution in [1.29, 1.82) is 0 Å². The van der Waals surface area contributed by atoms with Crippen LogP contribution in [0.3, 0.4) is 0 Å². The molecule has 5 heteroatoms. The largest absolute Gasteiger partial charge is 0.441 e. The highest BCUT2D eigenvalue weighted by molar-refractivity contribution is 5.99. The Morgan fingerprint density at radius 2 is 2.36 bits per heavy atom. The second-order valence-corrected chi connectivity index (χ2v) is 2.90. The van der Waals surface area contributed by atoms with Gasteiger partial charge >= 0.3 is 0 Å². The Kier molecular flexibility index (Phi) is 1.85. The van der Waals surface area contributed by atoms with E-state index in [0.29, 0.717) is 22.6 Å². The molecule has 0 aliphatic rings. The molecule has 0 saturated carbocycles. The molecule has 2 aromatic rings. The number of oxazole rings is 1. The van der Waals surface area contributed by atoms with Crippen LogP contribution >= 0.6 is 0 Å². The van der Waals surface area contributed by atoms with Crippen molar-refractivity contribution in [3.8, 4) is 0 Å². The number of fused-ring (bicyclic) bond motifs is 1. The number of rotatable bonds is 1. The number of aromatic nitrogens is 1. The quantitative estimate of drug-likeness (QED) is 0.307. The molecule has 0 aliphatic carbocycles. The van der Waals surface area contributed by atoms with Gasteiger partial charge in [0, 0.05) is 12.5 Å². The van der Waals surface area contributed by atoms with E-state index in [0.717, 1.165) is 0 Å². The van der Waals surface area contributed by atoms with Crippen LogP contribution in [0.2, 0.25) is 0 Å². The van der Waals surface area contributed by atoms with Crippen molar-refractivity contribution in [3.63, 3.8) is 0 Å². The maximum absolute atomic E-state index is 8.48. The van der Waals surface area contributed by atoms with Crippen LogP contribution in [-0.4, -0.2) is 16.0 Å². The maximum atomic E-state index is 8.48. The van der Waals surface area contributed by atoms with E-state index in [9.17, 15) is 0 Å². The van der Waals surface area contributed by atoms with Gasteiger partial charge in [0.1, 0.15) is 5.52 Å². The van der Waals surface area contributed by atoms with Gasteiger partial charge in [0.15, 0.2) is 17.3 Å². The Morgan fingerprint density at radius 1 is 1.57 bits per heavy atom. The average molecular weight is 191 g/mol.